The summed E-state index contributed by atoms with van der Waals surface area (Å²) in [4.78, 5) is 0. The predicted octanol–water partition coefficient (Wildman–Crippen LogP) is 4.56. The van der Waals surface area contributed by atoms with Gasteiger partial charge < -0.3 is 14.6 Å². The lowest BCUT2D eigenvalue weighted by molar-refractivity contribution is 0.0273. The smallest absolute Gasteiger partial charge is 0.123 e. The van der Waals surface area contributed by atoms with Crippen LogP contribution in [0.15, 0.2) is 54.6 Å². The number of benzene rings is 2. The highest BCUT2D eigenvalue weighted by atomic mass is 19.1. The van der Waals surface area contributed by atoms with Gasteiger partial charge >= 0.3 is 0 Å². The highest BCUT2D eigenvalue weighted by molar-refractivity contribution is 5.66. The highest BCUT2D eigenvalue weighted by Gasteiger charge is 2.23. The maximum Gasteiger partial charge on any atom is 0.123 e. The number of halogens is 1. The van der Waals surface area contributed by atoms with Gasteiger partial charge in [-0.25, -0.2) is 4.39 Å². The molecule has 1 unspecified atom stereocenters. The van der Waals surface area contributed by atoms with Gasteiger partial charge in [0.15, 0.2) is 0 Å². The third-order valence-electron chi connectivity index (χ3n) is 4.99. The summed E-state index contributed by atoms with van der Waals surface area (Å²) >= 11 is 0. The average Bonchev–Trinajstić information content (AvgIpc) is 3.01. The fraction of sp³-hybridized carbons (Fsp3) is 0.273. The molecule has 134 valence electrons. The van der Waals surface area contributed by atoms with E-state index in [1.54, 1.807) is 0 Å². The Morgan fingerprint density at radius 2 is 1.77 bits per heavy atom. The molecule has 1 fully saturated rings. The van der Waals surface area contributed by atoms with E-state index in [9.17, 15) is 4.39 Å². The Morgan fingerprint density at radius 1 is 1.04 bits per heavy atom. The van der Waals surface area contributed by atoms with Crippen molar-refractivity contribution >= 4 is 0 Å². The van der Waals surface area contributed by atoms with E-state index in [2.05, 4.69) is 54.1 Å². The maximum atomic E-state index is 13.4. The van der Waals surface area contributed by atoms with Crippen LogP contribution in [0.5, 0.6) is 0 Å². The molecule has 1 aliphatic rings. The number of nitrogens with one attached hydrogen (secondary N) is 1. The zero-order valence-corrected chi connectivity index (χ0v) is 15.1. The molecule has 1 N–H and O–H groups in total. The number of nitrogens with zero attached hydrogens (tertiary/aromatic N) is 1. The highest BCUT2D eigenvalue weighted by Crippen LogP contribution is 2.34. The molecule has 2 heterocycles. The predicted molar refractivity (Wildman–Crippen MR) is 102 cm³/mol. The van der Waals surface area contributed by atoms with Gasteiger partial charge in [-0.3, -0.25) is 0 Å². The molecule has 0 spiro atoms. The molecule has 26 heavy (non-hydrogen) atoms. The van der Waals surface area contributed by atoms with Crippen LogP contribution in [0.4, 0.5) is 4.39 Å². The summed E-state index contributed by atoms with van der Waals surface area (Å²) in [6, 6.07) is 17.4. The van der Waals surface area contributed by atoms with Crippen molar-refractivity contribution in [2.24, 2.45) is 0 Å². The first-order valence-electron chi connectivity index (χ1n) is 9.01. The second kappa shape index (κ2) is 7.06. The van der Waals surface area contributed by atoms with Gasteiger partial charge in [-0.15, -0.1) is 0 Å². The summed E-state index contributed by atoms with van der Waals surface area (Å²) in [5.41, 5.74) is 6.72. The second-order valence-corrected chi connectivity index (χ2v) is 6.81. The minimum absolute atomic E-state index is 0.0367. The van der Waals surface area contributed by atoms with Gasteiger partial charge in [0.25, 0.3) is 0 Å². The van der Waals surface area contributed by atoms with Crippen LogP contribution in [0, 0.1) is 19.7 Å². The van der Waals surface area contributed by atoms with Crippen molar-refractivity contribution in [2.45, 2.75) is 20.0 Å². The Hall–Kier alpha value is -2.43. The molecular weight excluding hydrogens is 327 g/mol. The normalized spacial score (nSPS) is 17.4. The van der Waals surface area contributed by atoms with Crippen LogP contribution in [-0.4, -0.2) is 24.3 Å². The molecule has 1 aromatic heterocycles. The first kappa shape index (κ1) is 17.0. The summed E-state index contributed by atoms with van der Waals surface area (Å²) in [6.45, 7) is 6.60. The van der Waals surface area contributed by atoms with E-state index in [0.29, 0.717) is 6.61 Å². The van der Waals surface area contributed by atoms with Crippen LogP contribution >= 0.6 is 0 Å². The zero-order valence-electron chi connectivity index (χ0n) is 15.1. The number of aryl methyl sites for hydroxylation is 1. The first-order valence-corrected chi connectivity index (χ1v) is 9.01. The van der Waals surface area contributed by atoms with E-state index in [1.165, 1.54) is 23.3 Å². The number of hydrogen-bond donors (Lipinski definition) is 1. The zero-order chi connectivity index (χ0) is 18.1. The molecule has 3 nitrogen and oxygen atoms in total. The number of rotatable bonds is 3. The topological polar surface area (TPSA) is 26.2 Å². The van der Waals surface area contributed by atoms with Crippen molar-refractivity contribution in [3.8, 4) is 16.9 Å². The lowest BCUT2D eigenvalue weighted by Crippen LogP contribution is -2.33. The lowest BCUT2D eigenvalue weighted by atomic mass is 10.1. The van der Waals surface area contributed by atoms with Crippen molar-refractivity contribution in [3.63, 3.8) is 0 Å². The van der Waals surface area contributed by atoms with Crippen molar-refractivity contribution in [1.29, 1.82) is 0 Å². The van der Waals surface area contributed by atoms with Gasteiger partial charge in [0, 0.05) is 30.0 Å². The molecule has 3 aromatic rings. The molecule has 1 aliphatic heterocycles. The number of hydrogen-bond acceptors (Lipinski definition) is 2. The van der Waals surface area contributed by atoms with E-state index in [-0.39, 0.29) is 11.9 Å². The monoisotopic (exact) mass is 350 g/mol. The standard InChI is InChI=1S/C22H23FN2O/c1-15-3-5-17(6-4-15)21-13-20(22-14-24-11-12-26-22)16(2)25(21)19-9-7-18(23)8-10-19/h3-10,13,22,24H,11-12,14H2,1-2H3. The Balaban J connectivity index is 1.87. The van der Waals surface area contributed by atoms with Crippen molar-refractivity contribution < 1.29 is 9.13 Å². The molecule has 2 aromatic carbocycles. The summed E-state index contributed by atoms with van der Waals surface area (Å²) in [7, 11) is 0. The third kappa shape index (κ3) is 3.18. The van der Waals surface area contributed by atoms with Crippen LogP contribution in [0.2, 0.25) is 0 Å². The van der Waals surface area contributed by atoms with Gasteiger partial charge in [-0.2, -0.15) is 0 Å². The minimum atomic E-state index is -0.226. The number of morpholine rings is 1. The van der Waals surface area contributed by atoms with Gasteiger partial charge in [0.2, 0.25) is 0 Å². The third-order valence-corrected chi connectivity index (χ3v) is 4.99. The molecular formula is C22H23FN2O. The van der Waals surface area contributed by atoms with Crippen LogP contribution < -0.4 is 5.32 Å². The van der Waals surface area contributed by atoms with Gasteiger partial charge in [0.05, 0.1) is 18.4 Å². The summed E-state index contributed by atoms with van der Waals surface area (Å²) in [5, 5.41) is 3.40. The van der Waals surface area contributed by atoms with Crippen LogP contribution in [-0.2, 0) is 4.74 Å². The molecule has 0 bridgehead atoms. The van der Waals surface area contributed by atoms with Crippen molar-refractivity contribution in [3.05, 3.63) is 77.2 Å². The number of aromatic nitrogens is 1. The van der Waals surface area contributed by atoms with E-state index < -0.39 is 0 Å². The Bertz CT molecular complexity index is 891. The number of ether oxygens (including phenoxy) is 1. The summed E-state index contributed by atoms with van der Waals surface area (Å²) in [5.74, 6) is -0.226. The fourth-order valence-electron chi connectivity index (χ4n) is 3.58. The van der Waals surface area contributed by atoms with E-state index >= 15 is 0 Å². The Kier molecular flexibility index (Phi) is 4.62. The summed E-state index contributed by atoms with van der Waals surface area (Å²) in [6.07, 6.45) is 0.0367. The van der Waals surface area contributed by atoms with Crippen LogP contribution in [0.3, 0.4) is 0 Å². The molecule has 1 atom stereocenters. The van der Waals surface area contributed by atoms with Gasteiger partial charge in [-0.05, 0) is 49.7 Å². The van der Waals surface area contributed by atoms with Crippen LogP contribution in [0.25, 0.3) is 16.9 Å². The molecule has 4 heteroatoms. The fourth-order valence-corrected chi connectivity index (χ4v) is 3.58. The average molecular weight is 350 g/mol. The second-order valence-electron chi connectivity index (χ2n) is 6.81. The quantitative estimate of drug-likeness (QED) is 0.749. The molecule has 0 amide bonds. The van der Waals surface area contributed by atoms with E-state index in [0.717, 1.165) is 35.7 Å². The molecule has 0 radical (unpaired) electrons. The largest absolute Gasteiger partial charge is 0.371 e. The van der Waals surface area contributed by atoms with Crippen molar-refractivity contribution in [1.82, 2.24) is 9.88 Å². The minimum Gasteiger partial charge on any atom is -0.371 e. The Morgan fingerprint density at radius 3 is 2.42 bits per heavy atom. The van der Waals surface area contributed by atoms with Crippen molar-refractivity contribution in [2.75, 3.05) is 19.7 Å². The van der Waals surface area contributed by atoms with Gasteiger partial charge in [0.1, 0.15) is 5.82 Å². The first-order chi connectivity index (χ1) is 12.6. The molecule has 0 aliphatic carbocycles. The summed E-state index contributed by atoms with van der Waals surface area (Å²) < 4.78 is 21.6. The van der Waals surface area contributed by atoms with Crippen LogP contribution in [0.1, 0.15) is 22.9 Å². The van der Waals surface area contributed by atoms with E-state index in [1.807, 2.05) is 12.1 Å². The molecule has 1 saturated heterocycles. The van der Waals surface area contributed by atoms with E-state index in [4.69, 9.17) is 4.74 Å². The van der Waals surface area contributed by atoms with Gasteiger partial charge in [-0.1, -0.05) is 29.8 Å². The molecule has 4 rings (SSSR count). The maximum absolute atomic E-state index is 13.4. The SMILES string of the molecule is Cc1ccc(-c2cc(C3CNCCO3)c(C)n2-c2ccc(F)cc2)cc1. The lowest BCUT2D eigenvalue weighted by Gasteiger charge is -2.24. The molecule has 0 saturated carbocycles. The Labute approximate surface area is 153 Å².